The van der Waals surface area contributed by atoms with Gasteiger partial charge in [-0.15, -0.1) is 0 Å². The smallest absolute Gasteiger partial charge is 0.166 e. The molecule has 1 aliphatic carbocycles. The highest BCUT2D eigenvalue weighted by Crippen LogP contribution is 2.30. The standard InChI is InChI=1S/C13H17BrFN3/c14-11-7-12(15)13(16-8-11)18-5-3-17(4-6-18)9-10-1-2-10/h7-8,10H,1-6,9H2. The summed E-state index contributed by atoms with van der Waals surface area (Å²) in [6.45, 7) is 5.02. The van der Waals surface area contributed by atoms with Crippen molar-refractivity contribution in [2.45, 2.75) is 12.8 Å². The lowest BCUT2D eigenvalue weighted by Crippen LogP contribution is -2.47. The molecule has 0 aromatic carbocycles. The van der Waals surface area contributed by atoms with Crippen molar-refractivity contribution in [3.05, 3.63) is 22.6 Å². The monoisotopic (exact) mass is 313 g/mol. The third-order valence-corrected chi connectivity index (χ3v) is 4.11. The van der Waals surface area contributed by atoms with Crippen molar-refractivity contribution in [3.8, 4) is 0 Å². The van der Waals surface area contributed by atoms with Gasteiger partial charge in [-0.05, 0) is 40.8 Å². The van der Waals surface area contributed by atoms with Crippen LogP contribution in [0.1, 0.15) is 12.8 Å². The molecular weight excluding hydrogens is 297 g/mol. The van der Waals surface area contributed by atoms with E-state index in [-0.39, 0.29) is 5.82 Å². The summed E-state index contributed by atoms with van der Waals surface area (Å²) in [5, 5.41) is 0. The summed E-state index contributed by atoms with van der Waals surface area (Å²) < 4.78 is 14.5. The molecule has 5 heteroatoms. The van der Waals surface area contributed by atoms with Crippen LogP contribution in [0.4, 0.5) is 10.2 Å². The summed E-state index contributed by atoms with van der Waals surface area (Å²) in [4.78, 5) is 8.72. The molecule has 2 fully saturated rings. The molecule has 0 N–H and O–H groups in total. The lowest BCUT2D eigenvalue weighted by molar-refractivity contribution is 0.247. The quantitative estimate of drug-likeness (QED) is 0.855. The minimum absolute atomic E-state index is 0.236. The molecule has 3 nitrogen and oxygen atoms in total. The topological polar surface area (TPSA) is 19.4 Å². The second-order valence-electron chi connectivity index (χ2n) is 5.19. The van der Waals surface area contributed by atoms with Crippen LogP contribution >= 0.6 is 15.9 Å². The Balaban J connectivity index is 1.60. The maximum atomic E-state index is 13.8. The molecular formula is C13H17BrFN3. The van der Waals surface area contributed by atoms with Gasteiger partial charge in [0, 0.05) is 43.4 Å². The van der Waals surface area contributed by atoms with Crippen LogP contribution in [-0.2, 0) is 0 Å². The summed E-state index contributed by atoms with van der Waals surface area (Å²) >= 11 is 3.23. The lowest BCUT2D eigenvalue weighted by Gasteiger charge is -2.35. The highest BCUT2D eigenvalue weighted by atomic mass is 79.9. The number of pyridine rings is 1. The zero-order valence-corrected chi connectivity index (χ0v) is 11.9. The van der Waals surface area contributed by atoms with Gasteiger partial charge in [0.15, 0.2) is 11.6 Å². The van der Waals surface area contributed by atoms with E-state index in [1.807, 2.05) is 4.90 Å². The fourth-order valence-electron chi connectivity index (χ4n) is 2.45. The maximum Gasteiger partial charge on any atom is 0.166 e. The van der Waals surface area contributed by atoms with E-state index >= 15 is 0 Å². The summed E-state index contributed by atoms with van der Waals surface area (Å²) in [6, 6.07) is 1.49. The van der Waals surface area contributed by atoms with Crippen molar-refractivity contribution < 1.29 is 4.39 Å². The van der Waals surface area contributed by atoms with E-state index in [4.69, 9.17) is 0 Å². The van der Waals surface area contributed by atoms with Gasteiger partial charge in [-0.1, -0.05) is 0 Å². The first-order valence-electron chi connectivity index (χ1n) is 6.51. The number of nitrogens with zero attached hydrogens (tertiary/aromatic N) is 3. The zero-order chi connectivity index (χ0) is 12.5. The van der Waals surface area contributed by atoms with Crippen LogP contribution in [0.25, 0.3) is 0 Å². The number of halogens is 2. The van der Waals surface area contributed by atoms with E-state index in [2.05, 4.69) is 25.8 Å². The molecule has 0 unspecified atom stereocenters. The van der Waals surface area contributed by atoms with E-state index < -0.39 is 0 Å². The summed E-state index contributed by atoms with van der Waals surface area (Å²) in [5.41, 5.74) is 0. The van der Waals surface area contributed by atoms with Crippen LogP contribution in [0.5, 0.6) is 0 Å². The van der Waals surface area contributed by atoms with Crippen molar-refractivity contribution in [1.82, 2.24) is 9.88 Å². The Morgan fingerprint density at radius 3 is 2.61 bits per heavy atom. The second-order valence-corrected chi connectivity index (χ2v) is 6.11. The summed E-state index contributed by atoms with van der Waals surface area (Å²) in [7, 11) is 0. The molecule has 3 rings (SSSR count). The third kappa shape index (κ3) is 2.83. The first kappa shape index (κ1) is 12.4. The van der Waals surface area contributed by atoms with Gasteiger partial charge in [-0.3, -0.25) is 4.90 Å². The normalized spacial score (nSPS) is 21.3. The van der Waals surface area contributed by atoms with E-state index in [0.717, 1.165) is 32.1 Å². The van der Waals surface area contributed by atoms with Crippen LogP contribution in [0.15, 0.2) is 16.7 Å². The fraction of sp³-hybridized carbons (Fsp3) is 0.615. The molecule has 0 bridgehead atoms. The van der Waals surface area contributed by atoms with Gasteiger partial charge in [0.25, 0.3) is 0 Å². The number of anilines is 1. The molecule has 0 atom stereocenters. The Morgan fingerprint density at radius 1 is 1.28 bits per heavy atom. The molecule has 18 heavy (non-hydrogen) atoms. The van der Waals surface area contributed by atoms with E-state index in [1.165, 1.54) is 25.5 Å². The van der Waals surface area contributed by atoms with Gasteiger partial charge < -0.3 is 4.90 Å². The molecule has 0 radical (unpaired) electrons. The van der Waals surface area contributed by atoms with Crippen molar-refractivity contribution in [2.24, 2.45) is 5.92 Å². The Morgan fingerprint density at radius 2 is 2.00 bits per heavy atom. The first-order valence-corrected chi connectivity index (χ1v) is 7.30. The Labute approximate surface area is 115 Å². The third-order valence-electron chi connectivity index (χ3n) is 3.67. The maximum absolute atomic E-state index is 13.8. The predicted molar refractivity (Wildman–Crippen MR) is 73.3 cm³/mol. The van der Waals surface area contributed by atoms with Crippen LogP contribution < -0.4 is 4.90 Å². The summed E-state index contributed by atoms with van der Waals surface area (Å²) in [6.07, 6.45) is 4.45. The minimum Gasteiger partial charge on any atom is -0.352 e. The fourth-order valence-corrected chi connectivity index (χ4v) is 2.75. The van der Waals surface area contributed by atoms with Crippen LogP contribution in [0.3, 0.4) is 0 Å². The molecule has 0 spiro atoms. The molecule has 1 aliphatic heterocycles. The molecule has 0 amide bonds. The number of aromatic nitrogens is 1. The van der Waals surface area contributed by atoms with Gasteiger partial charge in [0.05, 0.1) is 0 Å². The predicted octanol–water partition coefficient (Wildman–Crippen LogP) is 2.52. The van der Waals surface area contributed by atoms with Gasteiger partial charge in [-0.2, -0.15) is 0 Å². The van der Waals surface area contributed by atoms with E-state index in [0.29, 0.717) is 10.3 Å². The average molecular weight is 314 g/mol. The first-order chi connectivity index (χ1) is 8.72. The van der Waals surface area contributed by atoms with Crippen molar-refractivity contribution in [3.63, 3.8) is 0 Å². The van der Waals surface area contributed by atoms with Crippen LogP contribution in [0.2, 0.25) is 0 Å². The highest BCUT2D eigenvalue weighted by molar-refractivity contribution is 9.10. The molecule has 98 valence electrons. The molecule has 1 aromatic rings. The van der Waals surface area contributed by atoms with Gasteiger partial charge >= 0.3 is 0 Å². The SMILES string of the molecule is Fc1cc(Br)cnc1N1CCN(CC2CC2)CC1. The molecule has 1 aromatic heterocycles. The largest absolute Gasteiger partial charge is 0.352 e. The molecule has 2 heterocycles. The van der Waals surface area contributed by atoms with Crippen LogP contribution in [0, 0.1) is 11.7 Å². The lowest BCUT2D eigenvalue weighted by atomic mass is 10.2. The number of piperazine rings is 1. The van der Waals surface area contributed by atoms with Crippen molar-refractivity contribution >= 4 is 21.7 Å². The average Bonchev–Trinajstić information content (AvgIpc) is 3.15. The number of rotatable bonds is 3. The van der Waals surface area contributed by atoms with Gasteiger partial charge in [0.2, 0.25) is 0 Å². The van der Waals surface area contributed by atoms with Crippen molar-refractivity contribution in [2.75, 3.05) is 37.6 Å². The minimum atomic E-state index is -0.236. The Kier molecular flexibility index (Phi) is 3.52. The number of hydrogen-bond donors (Lipinski definition) is 0. The molecule has 1 saturated carbocycles. The van der Waals surface area contributed by atoms with Gasteiger partial charge in [-0.25, -0.2) is 9.37 Å². The second kappa shape index (κ2) is 5.13. The van der Waals surface area contributed by atoms with E-state index in [1.54, 1.807) is 6.20 Å². The highest BCUT2D eigenvalue weighted by Gasteiger charge is 2.27. The summed E-state index contributed by atoms with van der Waals surface area (Å²) in [5.74, 6) is 1.18. The Bertz CT molecular complexity index is 428. The van der Waals surface area contributed by atoms with Crippen LogP contribution in [-0.4, -0.2) is 42.6 Å². The molecule has 2 aliphatic rings. The zero-order valence-electron chi connectivity index (χ0n) is 10.3. The Hall–Kier alpha value is -0.680. The molecule has 1 saturated heterocycles. The number of hydrogen-bond acceptors (Lipinski definition) is 3. The van der Waals surface area contributed by atoms with Crippen molar-refractivity contribution in [1.29, 1.82) is 0 Å². The van der Waals surface area contributed by atoms with E-state index in [9.17, 15) is 4.39 Å². The van der Waals surface area contributed by atoms with Gasteiger partial charge in [0.1, 0.15) is 0 Å².